The number of likely N-dealkylation sites (N-methyl/N-ethyl adjacent to an activating group) is 1. The van der Waals surface area contributed by atoms with E-state index >= 15 is 0 Å². The number of methoxy groups -OCH3 is 1. The third-order valence-electron chi connectivity index (χ3n) is 7.68. The number of rotatable bonds is 12. The molecule has 2 aliphatic rings. The number of likely N-dealkylation sites (tertiary alicyclic amines) is 1. The molecule has 1 unspecified atom stereocenters. The molecule has 3 atom stereocenters. The van der Waals surface area contributed by atoms with Crippen molar-refractivity contribution in [3.8, 4) is 0 Å². The lowest BCUT2D eigenvalue weighted by Crippen LogP contribution is -2.54. The Balaban J connectivity index is 1.62. The van der Waals surface area contributed by atoms with Crippen molar-refractivity contribution >= 4 is 17.4 Å². The fourth-order valence-corrected chi connectivity index (χ4v) is 6.55. The van der Waals surface area contributed by atoms with Gasteiger partial charge < -0.3 is 25.4 Å². The summed E-state index contributed by atoms with van der Waals surface area (Å²) in [5, 5.41) is 22.6. The maximum Gasteiger partial charge on any atom is 0.317 e. The second kappa shape index (κ2) is 13.7. The van der Waals surface area contributed by atoms with Gasteiger partial charge in [-0.05, 0) is 73.9 Å². The average Bonchev–Trinajstić information content (AvgIpc) is 3.38. The number of aliphatic hydroxyl groups is 1. The number of ether oxygens (including phenoxy) is 1. The van der Waals surface area contributed by atoms with Crippen LogP contribution in [0.1, 0.15) is 76.2 Å². The van der Waals surface area contributed by atoms with E-state index in [1.807, 2.05) is 23.4 Å². The van der Waals surface area contributed by atoms with Crippen LogP contribution >= 0.6 is 11.3 Å². The molecule has 2 amide bonds. The normalized spacial score (nSPS) is 22.6. The zero-order valence-corrected chi connectivity index (χ0v) is 21.5. The van der Waals surface area contributed by atoms with Crippen molar-refractivity contribution < 1.29 is 14.6 Å². The number of nitrogens with zero attached hydrogens (tertiary/aromatic N) is 1. The van der Waals surface area contributed by atoms with Gasteiger partial charge in [-0.25, -0.2) is 4.79 Å². The van der Waals surface area contributed by atoms with Crippen molar-refractivity contribution in [2.24, 2.45) is 11.8 Å². The molecule has 1 aromatic heterocycles. The van der Waals surface area contributed by atoms with E-state index in [0.29, 0.717) is 19.6 Å². The van der Waals surface area contributed by atoms with Crippen LogP contribution in [0, 0.1) is 11.8 Å². The lowest BCUT2D eigenvalue weighted by molar-refractivity contribution is -0.0560. The van der Waals surface area contributed by atoms with E-state index in [0.717, 1.165) is 56.7 Å². The van der Waals surface area contributed by atoms with Crippen molar-refractivity contribution in [3.63, 3.8) is 0 Å². The first-order valence-corrected chi connectivity index (χ1v) is 13.9. The topological polar surface area (TPSA) is 73.8 Å². The van der Waals surface area contributed by atoms with Crippen molar-refractivity contribution in [1.29, 1.82) is 0 Å². The summed E-state index contributed by atoms with van der Waals surface area (Å²) in [6.07, 6.45) is 12.1. The molecule has 33 heavy (non-hydrogen) atoms. The highest BCUT2D eigenvalue weighted by atomic mass is 32.1. The van der Waals surface area contributed by atoms with Gasteiger partial charge in [0.05, 0.1) is 5.60 Å². The van der Waals surface area contributed by atoms with Gasteiger partial charge in [-0.2, -0.15) is 11.3 Å². The van der Waals surface area contributed by atoms with Crippen LogP contribution in [0.15, 0.2) is 16.8 Å². The quantitative estimate of drug-likeness (QED) is 0.379. The largest absolute Gasteiger partial charge is 0.385 e. The molecular weight excluding hydrogens is 434 g/mol. The SMILES string of the molecule is CNCC(CC1CCCCC1)NC(=O)N1CCC[C@@H]([C@@](O)(CCCCOC)c2ccsc2)C1. The van der Waals surface area contributed by atoms with Crippen LogP contribution in [-0.2, 0) is 10.3 Å². The molecule has 6 nitrogen and oxygen atoms in total. The zero-order valence-electron chi connectivity index (χ0n) is 20.7. The zero-order chi connectivity index (χ0) is 23.5. The summed E-state index contributed by atoms with van der Waals surface area (Å²) in [5.41, 5.74) is 0.113. The highest BCUT2D eigenvalue weighted by Gasteiger charge is 2.41. The predicted octanol–water partition coefficient (Wildman–Crippen LogP) is 4.73. The van der Waals surface area contributed by atoms with Crippen molar-refractivity contribution in [2.45, 2.75) is 82.3 Å². The molecule has 7 heteroatoms. The molecule has 0 spiro atoms. The Morgan fingerprint density at radius 3 is 2.79 bits per heavy atom. The summed E-state index contributed by atoms with van der Waals surface area (Å²) in [6.45, 7) is 2.89. The summed E-state index contributed by atoms with van der Waals surface area (Å²) in [7, 11) is 3.68. The fourth-order valence-electron chi connectivity index (χ4n) is 5.82. The second-order valence-corrected chi connectivity index (χ2v) is 10.9. The van der Waals surface area contributed by atoms with E-state index in [2.05, 4.69) is 16.0 Å². The molecule has 1 aromatic rings. The summed E-state index contributed by atoms with van der Waals surface area (Å²) in [6, 6.07) is 2.24. The summed E-state index contributed by atoms with van der Waals surface area (Å²) >= 11 is 1.63. The van der Waals surface area contributed by atoms with Gasteiger partial charge in [0.15, 0.2) is 0 Å². The number of urea groups is 1. The first kappa shape index (κ1) is 26.5. The number of unbranched alkanes of at least 4 members (excludes halogenated alkanes) is 1. The van der Waals surface area contributed by atoms with Gasteiger partial charge in [0, 0.05) is 45.3 Å². The molecule has 2 fully saturated rings. The molecule has 1 saturated heterocycles. The number of hydrogen-bond acceptors (Lipinski definition) is 5. The predicted molar refractivity (Wildman–Crippen MR) is 136 cm³/mol. The van der Waals surface area contributed by atoms with Gasteiger partial charge in [-0.1, -0.05) is 32.1 Å². The van der Waals surface area contributed by atoms with Crippen LogP contribution in [-0.4, -0.2) is 62.5 Å². The van der Waals surface area contributed by atoms with E-state index in [4.69, 9.17) is 4.74 Å². The van der Waals surface area contributed by atoms with E-state index in [-0.39, 0.29) is 18.0 Å². The van der Waals surface area contributed by atoms with Crippen molar-refractivity contribution in [1.82, 2.24) is 15.5 Å². The maximum absolute atomic E-state index is 13.3. The number of nitrogens with one attached hydrogen (secondary N) is 2. The van der Waals surface area contributed by atoms with Gasteiger partial charge in [0.25, 0.3) is 0 Å². The lowest BCUT2D eigenvalue weighted by atomic mass is 9.75. The van der Waals surface area contributed by atoms with Gasteiger partial charge in [-0.3, -0.25) is 0 Å². The Morgan fingerprint density at radius 2 is 2.09 bits per heavy atom. The number of thiophene rings is 1. The van der Waals surface area contributed by atoms with Gasteiger partial charge in [-0.15, -0.1) is 0 Å². The maximum atomic E-state index is 13.3. The summed E-state index contributed by atoms with van der Waals surface area (Å²) in [4.78, 5) is 15.2. The lowest BCUT2D eigenvalue weighted by Gasteiger charge is -2.43. The number of carbonyl (C=O) groups is 1. The number of carbonyl (C=O) groups excluding carboxylic acids is 1. The Bertz CT molecular complexity index is 680. The van der Waals surface area contributed by atoms with E-state index < -0.39 is 5.60 Å². The highest BCUT2D eigenvalue weighted by molar-refractivity contribution is 7.08. The van der Waals surface area contributed by atoms with Gasteiger partial charge >= 0.3 is 6.03 Å². The molecular formula is C26H45N3O3S. The standard InChI is InChI=1S/C26H45N3O3S/c1-27-18-24(17-21-9-4-3-5-10-21)28-25(30)29-14-8-11-22(19-29)26(31,13-6-7-15-32-2)23-12-16-33-20-23/h12,16,20-22,24,27,31H,3-11,13-15,17-19H2,1-2H3,(H,28,30)/t22-,24?,26+/m1/s1. The van der Waals surface area contributed by atoms with Crippen molar-refractivity contribution in [2.75, 3.05) is 40.4 Å². The van der Waals surface area contributed by atoms with E-state index in [9.17, 15) is 9.90 Å². The molecule has 0 bridgehead atoms. The average molecular weight is 480 g/mol. The minimum absolute atomic E-state index is 0.0304. The van der Waals surface area contributed by atoms with Crippen LogP contribution in [0.25, 0.3) is 0 Å². The minimum Gasteiger partial charge on any atom is -0.385 e. The summed E-state index contributed by atoms with van der Waals surface area (Å²) < 4.78 is 5.21. The highest BCUT2D eigenvalue weighted by Crippen LogP contribution is 2.40. The second-order valence-electron chi connectivity index (χ2n) is 10.1. The number of amides is 2. The minimum atomic E-state index is -0.890. The Kier molecular flexibility index (Phi) is 11.0. The first-order valence-electron chi connectivity index (χ1n) is 13.0. The Hall–Kier alpha value is -1.15. The molecule has 3 N–H and O–H groups in total. The molecule has 1 aliphatic carbocycles. The molecule has 1 saturated carbocycles. The smallest absolute Gasteiger partial charge is 0.317 e. The van der Waals surface area contributed by atoms with Gasteiger partial charge in [0.1, 0.15) is 0 Å². The Labute approximate surface area is 204 Å². The van der Waals surface area contributed by atoms with Crippen LogP contribution < -0.4 is 10.6 Å². The molecule has 1 aliphatic heterocycles. The van der Waals surface area contributed by atoms with E-state index in [1.165, 1.54) is 32.1 Å². The molecule has 2 heterocycles. The molecule has 188 valence electrons. The van der Waals surface area contributed by atoms with Crippen LogP contribution in [0.3, 0.4) is 0 Å². The molecule has 0 aromatic carbocycles. The van der Waals surface area contributed by atoms with Crippen LogP contribution in [0.2, 0.25) is 0 Å². The van der Waals surface area contributed by atoms with Crippen LogP contribution in [0.4, 0.5) is 4.79 Å². The summed E-state index contributed by atoms with van der Waals surface area (Å²) in [5.74, 6) is 0.775. The van der Waals surface area contributed by atoms with Crippen molar-refractivity contribution in [3.05, 3.63) is 22.4 Å². The number of piperidine rings is 1. The van der Waals surface area contributed by atoms with Gasteiger partial charge in [0.2, 0.25) is 0 Å². The van der Waals surface area contributed by atoms with E-state index in [1.54, 1.807) is 18.4 Å². The Morgan fingerprint density at radius 1 is 1.27 bits per heavy atom. The first-order chi connectivity index (χ1) is 16.1. The molecule has 3 rings (SSSR count). The third kappa shape index (κ3) is 7.67. The molecule has 0 radical (unpaired) electrons. The fraction of sp³-hybridized carbons (Fsp3) is 0.808. The number of hydrogen-bond donors (Lipinski definition) is 3. The monoisotopic (exact) mass is 479 g/mol. The van der Waals surface area contributed by atoms with Crippen LogP contribution in [0.5, 0.6) is 0 Å². The third-order valence-corrected chi connectivity index (χ3v) is 8.37.